The largest absolute Gasteiger partial charge is 0.392 e. The van der Waals surface area contributed by atoms with Crippen molar-refractivity contribution >= 4 is 32.2 Å². The van der Waals surface area contributed by atoms with Crippen LogP contribution in [0.5, 0.6) is 0 Å². The van der Waals surface area contributed by atoms with Crippen molar-refractivity contribution in [2.24, 2.45) is 0 Å². The van der Waals surface area contributed by atoms with Crippen molar-refractivity contribution in [3.05, 3.63) is 29.8 Å². The topological polar surface area (TPSA) is 118 Å². The Hall–Kier alpha value is -1.71. The van der Waals surface area contributed by atoms with E-state index in [0.717, 1.165) is 11.3 Å². The number of nitrogens with two attached hydrogens (primary N) is 1. The standard InChI is InChI=1S/C9H10N4O3S2/c10-8-11-12-9(17-8)18(15,16)13-7-3-1-6(5-14)2-4-7/h1-4,13-14H,5H2,(H2,10,11). The molecule has 7 nitrogen and oxygen atoms in total. The molecule has 0 aliphatic heterocycles. The summed E-state index contributed by atoms with van der Waals surface area (Å²) in [6.45, 7) is -0.0973. The molecule has 18 heavy (non-hydrogen) atoms. The molecule has 0 atom stereocenters. The van der Waals surface area contributed by atoms with Gasteiger partial charge in [-0.05, 0) is 17.7 Å². The molecule has 0 saturated heterocycles. The smallest absolute Gasteiger partial charge is 0.291 e. The molecule has 0 aliphatic carbocycles. The Kier molecular flexibility index (Phi) is 3.45. The quantitative estimate of drug-likeness (QED) is 0.749. The first kappa shape index (κ1) is 12.7. The number of anilines is 2. The number of nitrogens with one attached hydrogen (secondary N) is 1. The Balaban J connectivity index is 2.22. The molecule has 0 fully saturated rings. The van der Waals surface area contributed by atoms with Crippen molar-refractivity contribution in [3.8, 4) is 0 Å². The molecule has 0 saturated carbocycles. The van der Waals surface area contributed by atoms with Gasteiger partial charge in [-0.3, -0.25) is 4.72 Å². The first-order chi connectivity index (χ1) is 8.51. The Morgan fingerprint density at radius 3 is 2.44 bits per heavy atom. The van der Waals surface area contributed by atoms with Crippen LogP contribution in [0.2, 0.25) is 0 Å². The highest BCUT2D eigenvalue weighted by atomic mass is 32.2. The molecule has 0 aliphatic rings. The Labute approximate surface area is 107 Å². The van der Waals surface area contributed by atoms with Crippen LogP contribution in [-0.2, 0) is 16.6 Å². The molecule has 96 valence electrons. The zero-order valence-corrected chi connectivity index (χ0v) is 10.7. The van der Waals surface area contributed by atoms with Crippen LogP contribution in [-0.4, -0.2) is 23.7 Å². The SMILES string of the molecule is Nc1nnc(S(=O)(=O)Nc2ccc(CO)cc2)s1. The minimum Gasteiger partial charge on any atom is -0.392 e. The summed E-state index contributed by atoms with van der Waals surface area (Å²) in [7, 11) is -3.76. The van der Waals surface area contributed by atoms with Gasteiger partial charge in [0.1, 0.15) is 0 Å². The second-order valence-electron chi connectivity index (χ2n) is 3.37. The maximum absolute atomic E-state index is 11.9. The minimum atomic E-state index is -3.76. The predicted octanol–water partition coefficient (Wildman–Crippen LogP) is 0.413. The average molecular weight is 286 g/mol. The van der Waals surface area contributed by atoms with Crippen LogP contribution >= 0.6 is 11.3 Å². The molecule has 0 unspecified atom stereocenters. The fraction of sp³-hybridized carbons (Fsp3) is 0.111. The molecule has 2 rings (SSSR count). The van der Waals surface area contributed by atoms with Gasteiger partial charge in [0.25, 0.3) is 14.4 Å². The molecule has 1 aromatic carbocycles. The zero-order chi connectivity index (χ0) is 13.2. The van der Waals surface area contributed by atoms with E-state index < -0.39 is 10.0 Å². The highest BCUT2D eigenvalue weighted by Crippen LogP contribution is 2.20. The lowest BCUT2D eigenvalue weighted by atomic mass is 10.2. The Bertz CT molecular complexity index is 636. The van der Waals surface area contributed by atoms with E-state index in [-0.39, 0.29) is 16.1 Å². The van der Waals surface area contributed by atoms with E-state index >= 15 is 0 Å². The van der Waals surface area contributed by atoms with Crippen LogP contribution in [0.15, 0.2) is 28.6 Å². The molecule has 1 aromatic heterocycles. The van der Waals surface area contributed by atoms with E-state index in [1.807, 2.05) is 0 Å². The molecule has 9 heteroatoms. The summed E-state index contributed by atoms with van der Waals surface area (Å²) in [5.74, 6) is 0. The lowest BCUT2D eigenvalue weighted by Gasteiger charge is -2.05. The summed E-state index contributed by atoms with van der Waals surface area (Å²) >= 11 is 0.787. The van der Waals surface area contributed by atoms with Gasteiger partial charge in [-0.15, -0.1) is 10.2 Å². The van der Waals surface area contributed by atoms with Crippen LogP contribution in [0.25, 0.3) is 0 Å². The number of hydrogen-bond acceptors (Lipinski definition) is 7. The van der Waals surface area contributed by atoms with Gasteiger partial charge < -0.3 is 10.8 Å². The summed E-state index contributed by atoms with van der Waals surface area (Å²) in [5, 5.41) is 15.9. The third kappa shape index (κ3) is 2.75. The van der Waals surface area contributed by atoms with E-state index in [2.05, 4.69) is 14.9 Å². The number of aliphatic hydroxyl groups excluding tert-OH is 1. The lowest BCUT2D eigenvalue weighted by Crippen LogP contribution is -2.12. The molecule has 0 amide bonds. The summed E-state index contributed by atoms with van der Waals surface area (Å²) in [6.07, 6.45) is 0. The number of sulfonamides is 1. The molecule has 0 bridgehead atoms. The first-order valence-electron chi connectivity index (χ1n) is 4.83. The first-order valence-corrected chi connectivity index (χ1v) is 7.13. The van der Waals surface area contributed by atoms with Gasteiger partial charge in [0, 0.05) is 5.69 Å². The van der Waals surface area contributed by atoms with Crippen LogP contribution in [0.1, 0.15) is 5.56 Å². The zero-order valence-electron chi connectivity index (χ0n) is 9.07. The second-order valence-corrected chi connectivity index (χ2v) is 6.23. The summed E-state index contributed by atoms with van der Waals surface area (Å²) in [5.41, 5.74) is 6.40. The van der Waals surface area contributed by atoms with Crippen molar-refractivity contribution in [2.45, 2.75) is 10.9 Å². The summed E-state index contributed by atoms with van der Waals surface area (Å²) in [6, 6.07) is 6.33. The van der Waals surface area contributed by atoms with Crippen LogP contribution in [0, 0.1) is 0 Å². The Morgan fingerprint density at radius 2 is 1.94 bits per heavy atom. The number of nitrogen functional groups attached to an aromatic ring is 1. The maximum atomic E-state index is 11.9. The van der Waals surface area contributed by atoms with Crippen molar-refractivity contribution < 1.29 is 13.5 Å². The van der Waals surface area contributed by atoms with Gasteiger partial charge >= 0.3 is 0 Å². The minimum absolute atomic E-state index is 0.0889. The number of aliphatic hydroxyl groups is 1. The fourth-order valence-electron chi connectivity index (χ4n) is 1.21. The second kappa shape index (κ2) is 4.88. The van der Waals surface area contributed by atoms with Gasteiger partial charge in [0.15, 0.2) is 0 Å². The molecule has 1 heterocycles. The van der Waals surface area contributed by atoms with Crippen molar-refractivity contribution in [3.63, 3.8) is 0 Å². The van der Waals surface area contributed by atoms with E-state index in [0.29, 0.717) is 11.3 Å². The van der Waals surface area contributed by atoms with Crippen molar-refractivity contribution in [2.75, 3.05) is 10.5 Å². The van der Waals surface area contributed by atoms with Gasteiger partial charge in [-0.25, -0.2) is 0 Å². The monoisotopic (exact) mass is 286 g/mol. The van der Waals surface area contributed by atoms with E-state index in [9.17, 15) is 8.42 Å². The summed E-state index contributed by atoms with van der Waals surface area (Å²) < 4.78 is 25.9. The lowest BCUT2D eigenvalue weighted by molar-refractivity contribution is 0.282. The van der Waals surface area contributed by atoms with Crippen molar-refractivity contribution in [1.29, 1.82) is 0 Å². The highest BCUT2D eigenvalue weighted by Gasteiger charge is 2.19. The maximum Gasteiger partial charge on any atom is 0.291 e. The molecule has 0 radical (unpaired) electrons. The number of hydrogen-bond donors (Lipinski definition) is 3. The van der Waals surface area contributed by atoms with E-state index in [4.69, 9.17) is 10.8 Å². The number of rotatable bonds is 4. The molecule has 4 N–H and O–H groups in total. The van der Waals surface area contributed by atoms with Gasteiger partial charge in [0.05, 0.1) is 6.61 Å². The van der Waals surface area contributed by atoms with E-state index in [1.165, 1.54) is 0 Å². The molecular formula is C9H10N4O3S2. The van der Waals surface area contributed by atoms with Crippen LogP contribution in [0.4, 0.5) is 10.8 Å². The van der Waals surface area contributed by atoms with Gasteiger partial charge in [-0.2, -0.15) is 8.42 Å². The molecule has 0 spiro atoms. The van der Waals surface area contributed by atoms with Gasteiger partial charge in [-0.1, -0.05) is 23.5 Å². The average Bonchev–Trinajstić information content (AvgIpc) is 2.77. The van der Waals surface area contributed by atoms with E-state index in [1.54, 1.807) is 24.3 Å². The van der Waals surface area contributed by atoms with Crippen LogP contribution in [0.3, 0.4) is 0 Å². The predicted molar refractivity (Wildman–Crippen MR) is 67.5 cm³/mol. The molecular weight excluding hydrogens is 276 g/mol. The third-order valence-electron chi connectivity index (χ3n) is 2.04. The summed E-state index contributed by atoms with van der Waals surface area (Å²) in [4.78, 5) is 0. The molecule has 2 aromatic rings. The normalized spacial score (nSPS) is 11.4. The number of aromatic nitrogens is 2. The number of nitrogens with zero attached hydrogens (tertiary/aromatic N) is 2. The highest BCUT2D eigenvalue weighted by molar-refractivity contribution is 7.94. The van der Waals surface area contributed by atoms with Crippen molar-refractivity contribution in [1.82, 2.24) is 10.2 Å². The fourth-order valence-corrected chi connectivity index (χ4v) is 3.05. The Morgan fingerprint density at radius 1 is 1.28 bits per heavy atom. The van der Waals surface area contributed by atoms with Gasteiger partial charge in [0.2, 0.25) is 5.13 Å². The van der Waals surface area contributed by atoms with Crippen LogP contribution < -0.4 is 10.5 Å². The third-order valence-corrected chi connectivity index (χ3v) is 4.54. The number of benzene rings is 1.